The number of hydrogen-bond donors (Lipinski definition) is 2. The minimum absolute atomic E-state index is 0.187. The van der Waals surface area contributed by atoms with Gasteiger partial charge in [0.1, 0.15) is 11.2 Å². The van der Waals surface area contributed by atoms with Crippen LogP contribution >= 0.6 is 0 Å². The van der Waals surface area contributed by atoms with Crippen LogP contribution in [0.25, 0.3) is 11.3 Å². The first-order valence-corrected chi connectivity index (χ1v) is 13.4. The van der Waals surface area contributed by atoms with Gasteiger partial charge in [0.25, 0.3) is 5.91 Å². The summed E-state index contributed by atoms with van der Waals surface area (Å²) in [6.45, 7) is 9.58. The van der Waals surface area contributed by atoms with Crippen LogP contribution in [0.2, 0.25) is 0 Å². The molecule has 0 unspecified atom stereocenters. The van der Waals surface area contributed by atoms with E-state index in [0.717, 1.165) is 39.2 Å². The van der Waals surface area contributed by atoms with Crippen LogP contribution in [-0.2, 0) is 19.5 Å². The molecule has 40 heavy (non-hydrogen) atoms. The van der Waals surface area contributed by atoms with Gasteiger partial charge in [-0.3, -0.25) is 13.9 Å². The number of amides is 1. The Bertz CT molecular complexity index is 1680. The second-order valence-electron chi connectivity index (χ2n) is 9.90. The number of carbonyl (C=O) groups is 1. The number of methoxy groups -OCH3 is 1. The summed E-state index contributed by atoms with van der Waals surface area (Å²) >= 11 is 0. The third-order valence-corrected chi connectivity index (χ3v) is 7.09. The molecule has 0 fully saturated rings. The first-order chi connectivity index (χ1) is 19.3. The summed E-state index contributed by atoms with van der Waals surface area (Å²) in [5, 5.41) is 2.86. The van der Waals surface area contributed by atoms with Crippen LogP contribution in [0.5, 0.6) is 11.5 Å². The molecule has 1 amide bonds. The summed E-state index contributed by atoms with van der Waals surface area (Å²) in [6, 6.07) is 10.1. The van der Waals surface area contributed by atoms with Crippen molar-refractivity contribution in [2.45, 2.75) is 47.2 Å². The molecular weight excluding hydrogens is 508 g/mol. The summed E-state index contributed by atoms with van der Waals surface area (Å²) < 4.78 is 14.8. The molecule has 2 N–H and O–H groups in total. The number of rotatable bonds is 8. The van der Waals surface area contributed by atoms with Crippen molar-refractivity contribution >= 4 is 11.6 Å². The average Bonchev–Trinajstić information content (AvgIpc) is 3.47. The number of nitrogens with one attached hydrogen (secondary N) is 2. The molecule has 2 aromatic carbocycles. The first kappa shape index (κ1) is 27.0. The molecule has 3 heterocycles. The molecule has 4 aromatic rings. The Kier molecular flexibility index (Phi) is 7.59. The number of aromatic nitrogens is 4. The number of fused-ring (bicyclic) bond motifs is 3. The molecule has 5 rings (SSSR count). The SMILES string of the molecule is CCOc1cc2c(cc1OC)-c1c/c(=N\c3c(C)cc(C)cc3C)n(CCNC(=O)c3cnc[nH]3)c(=O)n1CC2. The van der Waals surface area contributed by atoms with Gasteiger partial charge in [0.05, 0.1) is 37.6 Å². The molecular formula is C30H34N6O4. The van der Waals surface area contributed by atoms with E-state index in [0.29, 0.717) is 42.3 Å². The third kappa shape index (κ3) is 5.16. The molecule has 0 bridgehead atoms. The molecule has 0 saturated carbocycles. The minimum Gasteiger partial charge on any atom is -0.493 e. The van der Waals surface area contributed by atoms with Crippen LogP contribution in [0, 0.1) is 20.8 Å². The molecule has 0 spiro atoms. The van der Waals surface area contributed by atoms with Gasteiger partial charge < -0.3 is 19.8 Å². The van der Waals surface area contributed by atoms with Crippen molar-refractivity contribution in [3.8, 4) is 22.8 Å². The summed E-state index contributed by atoms with van der Waals surface area (Å²) in [4.78, 5) is 38.1. The van der Waals surface area contributed by atoms with E-state index in [1.165, 1.54) is 12.5 Å². The quantitative estimate of drug-likeness (QED) is 0.353. The number of hydrogen-bond acceptors (Lipinski definition) is 6. The lowest BCUT2D eigenvalue weighted by atomic mass is 9.97. The van der Waals surface area contributed by atoms with Gasteiger partial charge in [-0.25, -0.2) is 14.8 Å². The third-order valence-electron chi connectivity index (χ3n) is 7.09. The van der Waals surface area contributed by atoms with Gasteiger partial charge in [0, 0.05) is 31.3 Å². The molecule has 208 valence electrons. The van der Waals surface area contributed by atoms with Crippen molar-refractivity contribution < 1.29 is 14.3 Å². The van der Waals surface area contributed by atoms with E-state index >= 15 is 0 Å². The Morgan fingerprint density at radius 2 is 1.90 bits per heavy atom. The van der Waals surface area contributed by atoms with Crippen LogP contribution in [0.3, 0.4) is 0 Å². The fourth-order valence-electron chi connectivity index (χ4n) is 5.29. The van der Waals surface area contributed by atoms with Gasteiger partial charge in [-0.05, 0) is 62.9 Å². The monoisotopic (exact) mass is 542 g/mol. The average molecular weight is 543 g/mol. The molecule has 0 saturated heterocycles. The smallest absolute Gasteiger partial charge is 0.330 e. The van der Waals surface area contributed by atoms with Crippen LogP contribution < -0.4 is 26.0 Å². The van der Waals surface area contributed by atoms with E-state index in [2.05, 4.69) is 34.3 Å². The van der Waals surface area contributed by atoms with Crippen molar-refractivity contribution in [3.05, 3.63) is 86.8 Å². The zero-order chi connectivity index (χ0) is 28.4. The van der Waals surface area contributed by atoms with Crippen molar-refractivity contribution in [2.24, 2.45) is 4.99 Å². The first-order valence-electron chi connectivity index (χ1n) is 13.4. The lowest BCUT2D eigenvalue weighted by molar-refractivity contribution is 0.0947. The van der Waals surface area contributed by atoms with E-state index in [-0.39, 0.29) is 24.7 Å². The largest absolute Gasteiger partial charge is 0.493 e. The zero-order valence-corrected chi connectivity index (χ0v) is 23.5. The standard InChI is InChI=1S/C30H34N6O4/c1-6-40-26-13-21-7-9-35-24(22(21)14-25(26)39-5)15-27(34-28-19(3)11-18(2)12-20(28)4)36(30(35)38)10-8-32-29(37)23-16-31-17-33-23/h11-17H,6-10H2,1-5H3,(H,31,33)(H,32,37)/b34-27+. The summed E-state index contributed by atoms with van der Waals surface area (Å²) in [5.74, 6) is 1.02. The molecule has 10 nitrogen and oxygen atoms in total. The Hall–Kier alpha value is -4.60. The zero-order valence-electron chi connectivity index (χ0n) is 23.5. The molecule has 0 aliphatic carbocycles. The maximum Gasteiger partial charge on any atom is 0.330 e. The second-order valence-corrected chi connectivity index (χ2v) is 9.90. The highest BCUT2D eigenvalue weighted by Gasteiger charge is 2.23. The molecule has 0 atom stereocenters. The number of aromatic amines is 1. The lowest BCUT2D eigenvalue weighted by Crippen LogP contribution is -2.44. The maximum absolute atomic E-state index is 14.0. The van der Waals surface area contributed by atoms with Gasteiger partial charge in [0.2, 0.25) is 0 Å². The van der Waals surface area contributed by atoms with Crippen molar-refractivity contribution in [2.75, 3.05) is 20.3 Å². The number of carbonyl (C=O) groups excluding carboxylic acids is 1. The fraction of sp³-hybridized carbons (Fsp3) is 0.333. The van der Waals surface area contributed by atoms with E-state index < -0.39 is 0 Å². The number of H-pyrrole nitrogens is 1. The summed E-state index contributed by atoms with van der Waals surface area (Å²) in [7, 11) is 1.61. The predicted molar refractivity (Wildman–Crippen MR) is 152 cm³/mol. The Labute approximate surface area is 232 Å². The summed E-state index contributed by atoms with van der Waals surface area (Å²) in [6.07, 6.45) is 3.59. The molecule has 0 radical (unpaired) electrons. The molecule has 1 aliphatic rings. The van der Waals surface area contributed by atoms with Gasteiger partial charge >= 0.3 is 5.69 Å². The summed E-state index contributed by atoms with van der Waals surface area (Å²) in [5.41, 5.74) is 7.49. The van der Waals surface area contributed by atoms with E-state index in [1.807, 2.05) is 39.0 Å². The van der Waals surface area contributed by atoms with Gasteiger partial charge in [-0.2, -0.15) is 0 Å². The number of aryl methyl sites for hydroxylation is 4. The van der Waals surface area contributed by atoms with Crippen LogP contribution in [0.1, 0.15) is 39.7 Å². The van der Waals surface area contributed by atoms with Gasteiger partial charge in [-0.15, -0.1) is 0 Å². The highest BCUT2D eigenvalue weighted by Crippen LogP contribution is 2.37. The topological polar surface area (TPSA) is 116 Å². The van der Waals surface area contributed by atoms with Crippen molar-refractivity contribution in [3.63, 3.8) is 0 Å². The number of imidazole rings is 1. The lowest BCUT2D eigenvalue weighted by Gasteiger charge is -2.25. The van der Waals surface area contributed by atoms with Gasteiger partial charge in [-0.1, -0.05) is 17.7 Å². The normalized spacial score (nSPS) is 12.6. The highest BCUT2D eigenvalue weighted by molar-refractivity contribution is 5.91. The van der Waals surface area contributed by atoms with E-state index in [9.17, 15) is 9.59 Å². The van der Waals surface area contributed by atoms with Crippen molar-refractivity contribution in [1.82, 2.24) is 24.4 Å². The predicted octanol–water partition coefficient (Wildman–Crippen LogP) is 3.59. The Balaban J connectivity index is 1.64. The highest BCUT2D eigenvalue weighted by atomic mass is 16.5. The van der Waals surface area contributed by atoms with Crippen LogP contribution in [0.15, 0.2) is 52.6 Å². The number of benzene rings is 2. The number of nitrogens with zero attached hydrogens (tertiary/aromatic N) is 4. The fourth-order valence-corrected chi connectivity index (χ4v) is 5.29. The van der Waals surface area contributed by atoms with Crippen LogP contribution in [0.4, 0.5) is 5.69 Å². The van der Waals surface area contributed by atoms with E-state index in [1.54, 1.807) is 16.2 Å². The molecule has 10 heteroatoms. The minimum atomic E-state index is -0.286. The molecule has 2 aromatic heterocycles. The molecule has 1 aliphatic heterocycles. The van der Waals surface area contributed by atoms with Crippen molar-refractivity contribution in [1.29, 1.82) is 0 Å². The maximum atomic E-state index is 14.0. The van der Waals surface area contributed by atoms with Gasteiger partial charge in [0.15, 0.2) is 11.5 Å². The number of ether oxygens (including phenoxy) is 2. The Morgan fingerprint density at radius 1 is 1.12 bits per heavy atom. The van der Waals surface area contributed by atoms with E-state index in [4.69, 9.17) is 14.5 Å². The Morgan fingerprint density at radius 3 is 2.58 bits per heavy atom. The second kappa shape index (κ2) is 11.3. The van der Waals surface area contributed by atoms with Crippen LogP contribution in [-0.4, -0.2) is 45.3 Å².